The van der Waals surface area contributed by atoms with Crippen molar-refractivity contribution in [2.45, 2.75) is 6.54 Å². The molecule has 0 saturated carbocycles. The van der Waals surface area contributed by atoms with E-state index < -0.39 is 6.67 Å². The Bertz CT molecular complexity index is 137. The number of aromatic nitrogens is 4. The van der Waals surface area contributed by atoms with E-state index in [-0.39, 0.29) is 6.54 Å². The number of nitrogens with zero attached hydrogens (tertiary/aromatic N) is 4. The summed E-state index contributed by atoms with van der Waals surface area (Å²) in [5.74, 6) is 0. The molecule has 1 heterocycles. The highest BCUT2D eigenvalue weighted by atomic mass is 19.1. The molecule has 0 radical (unpaired) electrons. The molecule has 5 heteroatoms. The summed E-state index contributed by atoms with van der Waals surface area (Å²) in [5, 5.41) is 10.0. The lowest BCUT2D eigenvalue weighted by atomic mass is 10.7. The lowest BCUT2D eigenvalue weighted by Gasteiger charge is -1.87. The van der Waals surface area contributed by atoms with E-state index in [1.165, 1.54) is 11.0 Å². The molecule has 0 aliphatic heterocycles. The van der Waals surface area contributed by atoms with Gasteiger partial charge in [0.25, 0.3) is 0 Å². The highest BCUT2D eigenvalue weighted by Gasteiger charge is 1.87. The van der Waals surface area contributed by atoms with Gasteiger partial charge in [0.15, 0.2) is 0 Å². The van der Waals surface area contributed by atoms with Crippen LogP contribution in [0.1, 0.15) is 0 Å². The van der Waals surface area contributed by atoms with Crippen LogP contribution in [0.15, 0.2) is 6.33 Å². The first-order valence-electron chi connectivity index (χ1n) is 2.20. The minimum absolute atomic E-state index is 0.243. The molecule has 0 saturated heterocycles. The lowest BCUT2D eigenvalue weighted by Crippen LogP contribution is -1.99. The quantitative estimate of drug-likeness (QED) is 0.530. The normalized spacial score (nSPS) is 9.62. The molecule has 44 valence electrons. The summed E-state index contributed by atoms with van der Waals surface area (Å²) < 4.78 is 12.8. The smallest absolute Gasteiger partial charge is 0.138 e. The Labute approximate surface area is 45.3 Å². The van der Waals surface area contributed by atoms with Crippen LogP contribution < -0.4 is 0 Å². The van der Waals surface area contributed by atoms with E-state index in [4.69, 9.17) is 0 Å². The zero-order valence-electron chi connectivity index (χ0n) is 4.16. The Kier molecular flexibility index (Phi) is 1.51. The maximum absolute atomic E-state index is 11.4. The molecule has 1 rings (SSSR count). The molecule has 0 aromatic carbocycles. The number of rotatable bonds is 2. The second-order valence-electron chi connectivity index (χ2n) is 1.26. The van der Waals surface area contributed by atoms with Crippen molar-refractivity contribution in [2.75, 3.05) is 6.67 Å². The topological polar surface area (TPSA) is 43.6 Å². The monoisotopic (exact) mass is 116 g/mol. The van der Waals surface area contributed by atoms with Crippen LogP contribution in [0.25, 0.3) is 0 Å². The first-order valence-corrected chi connectivity index (χ1v) is 2.20. The number of hydrogen-bond acceptors (Lipinski definition) is 3. The Morgan fingerprint density at radius 2 is 2.50 bits per heavy atom. The van der Waals surface area contributed by atoms with E-state index in [0.717, 1.165) is 0 Å². The van der Waals surface area contributed by atoms with Crippen molar-refractivity contribution in [3.63, 3.8) is 0 Å². The molecule has 0 aliphatic rings. The van der Waals surface area contributed by atoms with Gasteiger partial charge in [-0.1, -0.05) is 0 Å². The SMILES string of the molecule is FCCn1cnnn1. The fourth-order valence-corrected chi connectivity index (χ4v) is 0.369. The molecule has 1 aromatic heterocycles. The molecule has 4 nitrogen and oxygen atoms in total. The van der Waals surface area contributed by atoms with Crippen LogP contribution in [0, 0.1) is 0 Å². The van der Waals surface area contributed by atoms with Crippen molar-refractivity contribution >= 4 is 0 Å². The first-order chi connectivity index (χ1) is 3.93. The molecule has 0 atom stereocenters. The molecule has 0 fully saturated rings. The highest BCUT2D eigenvalue weighted by Crippen LogP contribution is 1.76. The minimum atomic E-state index is -0.426. The average Bonchev–Trinajstić information content (AvgIpc) is 2.19. The Morgan fingerprint density at radius 3 is 3.00 bits per heavy atom. The molecule has 0 amide bonds. The van der Waals surface area contributed by atoms with Gasteiger partial charge in [0.2, 0.25) is 0 Å². The summed E-state index contributed by atoms with van der Waals surface area (Å²) >= 11 is 0. The Balaban J connectivity index is 2.50. The molecular weight excluding hydrogens is 111 g/mol. The molecule has 0 unspecified atom stereocenters. The number of halogens is 1. The molecule has 8 heavy (non-hydrogen) atoms. The third-order valence-electron chi connectivity index (χ3n) is 0.705. The summed E-state index contributed by atoms with van der Waals surface area (Å²) in [6.45, 7) is -0.183. The van der Waals surface area contributed by atoms with E-state index in [9.17, 15) is 4.39 Å². The van der Waals surface area contributed by atoms with Gasteiger partial charge in [0.05, 0.1) is 6.54 Å². The number of tetrazole rings is 1. The van der Waals surface area contributed by atoms with Crippen molar-refractivity contribution in [1.82, 2.24) is 20.2 Å². The highest BCUT2D eigenvalue weighted by molar-refractivity contribution is 4.43. The molecule has 0 spiro atoms. The van der Waals surface area contributed by atoms with Crippen LogP contribution >= 0.6 is 0 Å². The summed E-state index contributed by atoms with van der Waals surface area (Å²) in [5.41, 5.74) is 0. The third kappa shape index (κ3) is 0.988. The van der Waals surface area contributed by atoms with Crippen LogP contribution in [0.2, 0.25) is 0 Å². The molecule has 0 N–H and O–H groups in total. The molecule has 0 bridgehead atoms. The summed E-state index contributed by atoms with van der Waals surface area (Å²) in [7, 11) is 0. The van der Waals surface area contributed by atoms with Gasteiger partial charge in [0, 0.05) is 0 Å². The van der Waals surface area contributed by atoms with Crippen LogP contribution in [-0.4, -0.2) is 26.9 Å². The van der Waals surface area contributed by atoms with Gasteiger partial charge in [-0.3, -0.25) is 0 Å². The standard InChI is InChI=1S/C3H5FN4/c4-1-2-8-3-5-6-7-8/h3H,1-2H2. The third-order valence-corrected chi connectivity index (χ3v) is 0.705. The minimum Gasteiger partial charge on any atom is -0.249 e. The molecular formula is C3H5FN4. The summed E-state index contributed by atoms with van der Waals surface area (Å²) in [6.07, 6.45) is 1.37. The van der Waals surface area contributed by atoms with Gasteiger partial charge < -0.3 is 0 Å². The van der Waals surface area contributed by atoms with Crippen molar-refractivity contribution in [3.8, 4) is 0 Å². The zero-order valence-corrected chi connectivity index (χ0v) is 4.16. The average molecular weight is 116 g/mol. The van der Waals surface area contributed by atoms with Crippen molar-refractivity contribution < 1.29 is 4.39 Å². The van der Waals surface area contributed by atoms with Crippen molar-refractivity contribution in [3.05, 3.63) is 6.33 Å². The van der Waals surface area contributed by atoms with Gasteiger partial charge >= 0.3 is 0 Å². The van der Waals surface area contributed by atoms with Gasteiger partial charge in [-0.05, 0) is 10.4 Å². The molecule has 0 aliphatic carbocycles. The van der Waals surface area contributed by atoms with Gasteiger partial charge in [-0.25, -0.2) is 9.07 Å². The van der Waals surface area contributed by atoms with E-state index >= 15 is 0 Å². The number of hydrogen-bond donors (Lipinski definition) is 0. The summed E-state index contributed by atoms with van der Waals surface area (Å²) in [4.78, 5) is 0. The van der Waals surface area contributed by atoms with Gasteiger partial charge in [0.1, 0.15) is 13.0 Å². The van der Waals surface area contributed by atoms with Crippen LogP contribution in [-0.2, 0) is 6.54 Å². The van der Waals surface area contributed by atoms with Crippen LogP contribution in [0.4, 0.5) is 4.39 Å². The van der Waals surface area contributed by atoms with E-state index in [0.29, 0.717) is 0 Å². The summed E-state index contributed by atoms with van der Waals surface area (Å²) in [6, 6.07) is 0. The van der Waals surface area contributed by atoms with Crippen molar-refractivity contribution in [2.24, 2.45) is 0 Å². The van der Waals surface area contributed by atoms with E-state index in [1.54, 1.807) is 0 Å². The first kappa shape index (κ1) is 5.14. The van der Waals surface area contributed by atoms with Gasteiger partial charge in [-0.15, -0.1) is 5.10 Å². The predicted octanol–water partition coefficient (Wildman–Crippen LogP) is -0.357. The van der Waals surface area contributed by atoms with Crippen LogP contribution in [0.3, 0.4) is 0 Å². The zero-order chi connectivity index (χ0) is 5.82. The second kappa shape index (κ2) is 2.34. The number of aryl methyl sites for hydroxylation is 1. The fraction of sp³-hybridized carbons (Fsp3) is 0.667. The number of alkyl halides is 1. The molecule has 1 aromatic rings. The Hall–Kier alpha value is -1.00. The van der Waals surface area contributed by atoms with E-state index in [1.807, 2.05) is 0 Å². The lowest BCUT2D eigenvalue weighted by molar-refractivity contribution is 0.422. The Morgan fingerprint density at radius 1 is 1.62 bits per heavy atom. The second-order valence-corrected chi connectivity index (χ2v) is 1.26. The maximum atomic E-state index is 11.4. The maximum Gasteiger partial charge on any atom is 0.138 e. The van der Waals surface area contributed by atoms with Crippen LogP contribution in [0.5, 0.6) is 0 Å². The van der Waals surface area contributed by atoms with Gasteiger partial charge in [-0.2, -0.15) is 0 Å². The largest absolute Gasteiger partial charge is 0.249 e. The fourth-order valence-electron chi connectivity index (χ4n) is 0.369. The van der Waals surface area contributed by atoms with E-state index in [2.05, 4.69) is 15.5 Å². The van der Waals surface area contributed by atoms with Crippen molar-refractivity contribution in [1.29, 1.82) is 0 Å². The predicted molar refractivity (Wildman–Crippen MR) is 23.8 cm³/mol.